The van der Waals surface area contributed by atoms with E-state index < -0.39 is 0 Å². The summed E-state index contributed by atoms with van der Waals surface area (Å²) in [6.07, 6.45) is 0. The second-order valence-corrected chi connectivity index (χ2v) is 6.87. The molecule has 2 N–H and O–H groups in total. The maximum Gasteiger partial charge on any atom is 0.234 e. The van der Waals surface area contributed by atoms with Gasteiger partial charge in [0, 0.05) is 22.8 Å². The van der Waals surface area contributed by atoms with Crippen LogP contribution in [0.4, 0.5) is 5.69 Å². The Bertz CT molecular complexity index is 720. The van der Waals surface area contributed by atoms with Gasteiger partial charge in [-0.05, 0) is 48.5 Å². The standard InChI is InChI=1S/C19H21ClN2O2S/c1-2-21-11-14-4-3-5-17(10-14)22-19(24)13-25-12-18(23)15-6-8-16(20)9-7-15/h3-10,21H,2,11-13H2,1H3,(H,22,24). The minimum Gasteiger partial charge on any atom is -0.325 e. The van der Waals surface area contributed by atoms with Crippen LogP contribution in [-0.2, 0) is 11.3 Å². The Morgan fingerprint density at radius 2 is 1.84 bits per heavy atom. The van der Waals surface area contributed by atoms with E-state index in [-0.39, 0.29) is 23.2 Å². The minimum absolute atomic E-state index is 0.0119. The van der Waals surface area contributed by atoms with E-state index in [1.165, 1.54) is 11.8 Å². The molecule has 4 nitrogen and oxygen atoms in total. The summed E-state index contributed by atoms with van der Waals surface area (Å²) >= 11 is 7.10. The molecule has 0 spiro atoms. The average molecular weight is 377 g/mol. The molecule has 0 atom stereocenters. The molecular formula is C19H21ClN2O2S. The number of anilines is 1. The third-order valence-electron chi connectivity index (χ3n) is 3.42. The Morgan fingerprint density at radius 3 is 2.56 bits per heavy atom. The monoisotopic (exact) mass is 376 g/mol. The van der Waals surface area contributed by atoms with Crippen molar-refractivity contribution in [1.29, 1.82) is 0 Å². The van der Waals surface area contributed by atoms with E-state index in [4.69, 9.17) is 11.6 Å². The zero-order valence-corrected chi connectivity index (χ0v) is 15.6. The van der Waals surface area contributed by atoms with Crippen LogP contribution in [0.25, 0.3) is 0 Å². The number of rotatable bonds is 9. The lowest BCUT2D eigenvalue weighted by atomic mass is 10.1. The van der Waals surface area contributed by atoms with Gasteiger partial charge in [-0.1, -0.05) is 30.7 Å². The number of thioether (sulfide) groups is 1. The number of carbonyl (C=O) groups is 2. The Hall–Kier alpha value is -1.82. The third kappa shape index (κ3) is 6.90. The molecule has 0 aromatic heterocycles. The number of amides is 1. The first kappa shape index (κ1) is 19.5. The molecule has 1 amide bonds. The van der Waals surface area contributed by atoms with Crippen molar-refractivity contribution < 1.29 is 9.59 Å². The van der Waals surface area contributed by atoms with Crippen molar-refractivity contribution in [2.45, 2.75) is 13.5 Å². The average Bonchev–Trinajstić information content (AvgIpc) is 2.60. The Balaban J connectivity index is 1.77. The van der Waals surface area contributed by atoms with Crippen LogP contribution in [0.5, 0.6) is 0 Å². The third-order valence-corrected chi connectivity index (χ3v) is 4.61. The minimum atomic E-state index is -0.116. The first-order chi connectivity index (χ1) is 12.1. The van der Waals surface area contributed by atoms with Crippen molar-refractivity contribution in [1.82, 2.24) is 5.32 Å². The summed E-state index contributed by atoms with van der Waals surface area (Å²) < 4.78 is 0. The Labute approximate surface area is 157 Å². The quantitative estimate of drug-likeness (QED) is 0.649. The van der Waals surface area contributed by atoms with E-state index in [0.717, 1.165) is 24.3 Å². The summed E-state index contributed by atoms with van der Waals surface area (Å²) in [6.45, 7) is 3.72. The van der Waals surface area contributed by atoms with E-state index in [0.29, 0.717) is 10.6 Å². The lowest BCUT2D eigenvalue weighted by Crippen LogP contribution is -2.16. The molecule has 0 aliphatic heterocycles. The van der Waals surface area contributed by atoms with Gasteiger partial charge in [0.1, 0.15) is 0 Å². The van der Waals surface area contributed by atoms with Crippen LogP contribution in [0.1, 0.15) is 22.8 Å². The van der Waals surface area contributed by atoms with Gasteiger partial charge in [-0.3, -0.25) is 9.59 Å². The highest BCUT2D eigenvalue weighted by molar-refractivity contribution is 8.00. The van der Waals surface area contributed by atoms with E-state index in [9.17, 15) is 9.59 Å². The molecule has 2 aromatic rings. The predicted octanol–water partition coefficient (Wildman–Crippen LogP) is 4.00. The molecule has 0 aliphatic rings. The molecule has 0 aliphatic carbocycles. The predicted molar refractivity (Wildman–Crippen MR) is 106 cm³/mol. The first-order valence-electron chi connectivity index (χ1n) is 8.04. The molecule has 0 saturated carbocycles. The molecule has 0 fully saturated rings. The molecule has 2 aromatic carbocycles. The molecule has 0 unspecified atom stereocenters. The Morgan fingerprint density at radius 1 is 1.08 bits per heavy atom. The van der Waals surface area contributed by atoms with Crippen molar-refractivity contribution in [2.24, 2.45) is 0 Å². The summed E-state index contributed by atoms with van der Waals surface area (Å²) in [5, 5.41) is 6.71. The summed E-state index contributed by atoms with van der Waals surface area (Å²) in [5.74, 6) is 0.364. The number of carbonyl (C=O) groups excluding carboxylic acids is 2. The number of hydrogen-bond acceptors (Lipinski definition) is 4. The number of Topliss-reactive ketones (excluding diaryl/α,β-unsaturated/α-hetero) is 1. The first-order valence-corrected chi connectivity index (χ1v) is 9.57. The van der Waals surface area contributed by atoms with Crippen molar-refractivity contribution in [3.63, 3.8) is 0 Å². The molecule has 0 saturated heterocycles. The molecule has 0 bridgehead atoms. The molecular weight excluding hydrogens is 356 g/mol. The maximum absolute atomic E-state index is 12.0. The lowest BCUT2D eigenvalue weighted by Gasteiger charge is -2.08. The van der Waals surface area contributed by atoms with Crippen molar-refractivity contribution in [3.8, 4) is 0 Å². The van der Waals surface area contributed by atoms with Crippen molar-refractivity contribution >= 4 is 40.7 Å². The fourth-order valence-corrected chi connectivity index (χ4v) is 3.02. The van der Waals surface area contributed by atoms with Crippen LogP contribution < -0.4 is 10.6 Å². The SMILES string of the molecule is CCNCc1cccc(NC(=O)CSCC(=O)c2ccc(Cl)cc2)c1. The Kier molecular flexibility index (Phi) is 7.98. The van der Waals surface area contributed by atoms with E-state index in [1.807, 2.05) is 31.2 Å². The highest BCUT2D eigenvalue weighted by Crippen LogP contribution is 2.14. The number of hydrogen-bond donors (Lipinski definition) is 2. The van der Waals surface area contributed by atoms with Gasteiger partial charge in [-0.15, -0.1) is 11.8 Å². The molecule has 2 rings (SSSR count). The van der Waals surface area contributed by atoms with Crippen LogP contribution in [0.3, 0.4) is 0 Å². The van der Waals surface area contributed by atoms with Gasteiger partial charge < -0.3 is 10.6 Å². The topological polar surface area (TPSA) is 58.2 Å². The van der Waals surface area contributed by atoms with Gasteiger partial charge in [0.2, 0.25) is 5.91 Å². The number of nitrogens with one attached hydrogen (secondary N) is 2. The smallest absolute Gasteiger partial charge is 0.234 e. The van der Waals surface area contributed by atoms with Crippen LogP contribution in [-0.4, -0.2) is 29.7 Å². The lowest BCUT2D eigenvalue weighted by molar-refractivity contribution is -0.113. The van der Waals surface area contributed by atoms with Crippen molar-refractivity contribution in [3.05, 3.63) is 64.7 Å². The zero-order valence-electron chi connectivity index (χ0n) is 14.0. The summed E-state index contributed by atoms with van der Waals surface area (Å²) in [6, 6.07) is 14.5. The van der Waals surface area contributed by atoms with Gasteiger partial charge in [0.05, 0.1) is 11.5 Å². The molecule has 132 valence electrons. The molecule has 25 heavy (non-hydrogen) atoms. The largest absolute Gasteiger partial charge is 0.325 e. The van der Waals surface area contributed by atoms with E-state index >= 15 is 0 Å². The fraction of sp³-hybridized carbons (Fsp3) is 0.263. The molecule has 6 heteroatoms. The van der Waals surface area contributed by atoms with Crippen LogP contribution >= 0.6 is 23.4 Å². The maximum atomic E-state index is 12.0. The van der Waals surface area contributed by atoms with Gasteiger partial charge in [0.15, 0.2) is 5.78 Å². The number of benzene rings is 2. The molecule has 0 heterocycles. The fourth-order valence-electron chi connectivity index (χ4n) is 2.18. The van der Waals surface area contributed by atoms with Crippen LogP contribution in [0.15, 0.2) is 48.5 Å². The highest BCUT2D eigenvalue weighted by atomic mass is 35.5. The summed E-state index contributed by atoms with van der Waals surface area (Å²) in [4.78, 5) is 24.1. The second kappa shape index (κ2) is 10.2. The van der Waals surface area contributed by atoms with Crippen LogP contribution in [0.2, 0.25) is 5.02 Å². The van der Waals surface area contributed by atoms with Gasteiger partial charge in [-0.2, -0.15) is 0 Å². The van der Waals surface area contributed by atoms with Crippen LogP contribution in [0, 0.1) is 0 Å². The van der Waals surface area contributed by atoms with E-state index in [1.54, 1.807) is 24.3 Å². The summed E-state index contributed by atoms with van der Waals surface area (Å²) in [7, 11) is 0. The van der Waals surface area contributed by atoms with Crippen molar-refractivity contribution in [2.75, 3.05) is 23.4 Å². The zero-order chi connectivity index (χ0) is 18.1. The van der Waals surface area contributed by atoms with Gasteiger partial charge in [0.25, 0.3) is 0 Å². The second-order valence-electron chi connectivity index (χ2n) is 5.45. The van der Waals surface area contributed by atoms with Gasteiger partial charge in [-0.25, -0.2) is 0 Å². The van der Waals surface area contributed by atoms with E-state index in [2.05, 4.69) is 10.6 Å². The molecule has 0 radical (unpaired) electrons. The summed E-state index contributed by atoms with van der Waals surface area (Å²) in [5.41, 5.74) is 2.49. The number of ketones is 1. The highest BCUT2D eigenvalue weighted by Gasteiger charge is 2.08. The van der Waals surface area contributed by atoms with Gasteiger partial charge >= 0.3 is 0 Å². The number of halogens is 1. The normalized spacial score (nSPS) is 10.5.